The van der Waals surface area contributed by atoms with Crippen molar-refractivity contribution in [3.63, 3.8) is 0 Å². The van der Waals surface area contributed by atoms with Crippen molar-refractivity contribution in [2.75, 3.05) is 24.6 Å². The Hall–Kier alpha value is -2.93. The standard InChI is InChI=1S/C21H24N3O4/c1-2-28-19-11-9-17(10-12-19)22-15-21(25,23-13-4-3-8-20(22)23)16-6-5-7-18(14-16)24(26)27/h5-7,9-12,14,25H,2-4,8,13,15H2,1H3/q+1/t21-/m0/s1. The molecule has 7 nitrogen and oxygen atoms in total. The van der Waals surface area contributed by atoms with Gasteiger partial charge in [-0.05, 0) is 44.0 Å². The monoisotopic (exact) mass is 382 g/mol. The summed E-state index contributed by atoms with van der Waals surface area (Å²) in [6.07, 6.45) is 2.91. The van der Waals surface area contributed by atoms with Gasteiger partial charge in [-0.3, -0.25) is 10.1 Å². The summed E-state index contributed by atoms with van der Waals surface area (Å²) in [6.45, 7) is 3.61. The highest BCUT2D eigenvalue weighted by atomic mass is 16.6. The molecule has 4 rings (SSSR count). The van der Waals surface area contributed by atoms with Crippen LogP contribution in [0.25, 0.3) is 0 Å². The summed E-state index contributed by atoms with van der Waals surface area (Å²) in [6, 6.07) is 14.2. The van der Waals surface area contributed by atoms with Crippen LogP contribution >= 0.6 is 0 Å². The first-order valence-corrected chi connectivity index (χ1v) is 9.64. The molecular formula is C21H24N3O4+. The molecule has 0 saturated carbocycles. The van der Waals surface area contributed by atoms with Gasteiger partial charge >= 0.3 is 0 Å². The van der Waals surface area contributed by atoms with Crippen molar-refractivity contribution in [1.29, 1.82) is 0 Å². The Morgan fingerprint density at radius 2 is 2.04 bits per heavy atom. The van der Waals surface area contributed by atoms with Gasteiger partial charge in [0.25, 0.3) is 17.2 Å². The Morgan fingerprint density at radius 1 is 1.25 bits per heavy atom. The van der Waals surface area contributed by atoms with E-state index in [9.17, 15) is 15.2 Å². The molecule has 2 aliphatic heterocycles. The van der Waals surface area contributed by atoms with Crippen molar-refractivity contribution >= 4 is 17.2 Å². The van der Waals surface area contributed by atoms with E-state index in [0.29, 0.717) is 18.7 Å². The molecular weight excluding hydrogens is 358 g/mol. The highest BCUT2D eigenvalue weighted by Crippen LogP contribution is 2.37. The van der Waals surface area contributed by atoms with Crippen molar-refractivity contribution in [2.24, 2.45) is 0 Å². The second-order valence-corrected chi connectivity index (χ2v) is 7.16. The smallest absolute Gasteiger partial charge is 0.271 e. The van der Waals surface area contributed by atoms with Gasteiger partial charge in [0.05, 0.1) is 18.1 Å². The molecule has 2 aliphatic rings. The van der Waals surface area contributed by atoms with E-state index in [-0.39, 0.29) is 5.69 Å². The Labute approximate surface area is 163 Å². The van der Waals surface area contributed by atoms with Gasteiger partial charge in [0.1, 0.15) is 11.4 Å². The van der Waals surface area contributed by atoms with Crippen LogP contribution < -0.4 is 9.64 Å². The molecule has 1 N–H and O–H groups in total. The number of nitro benzene ring substituents is 1. The first-order valence-electron chi connectivity index (χ1n) is 9.64. The van der Waals surface area contributed by atoms with E-state index in [1.54, 1.807) is 12.1 Å². The Kier molecular flexibility index (Phi) is 4.77. The molecule has 2 heterocycles. The van der Waals surface area contributed by atoms with Gasteiger partial charge in [0.15, 0.2) is 6.54 Å². The zero-order chi connectivity index (χ0) is 19.7. The van der Waals surface area contributed by atoms with Gasteiger partial charge in [0, 0.05) is 24.1 Å². The third-order valence-corrected chi connectivity index (χ3v) is 5.46. The average molecular weight is 382 g/mol. The summed E-state index contributed by atoms with van der Waals surface area (Å²) in [7, 11) is 0. The Bertz CT molecular complexity index is 926. The minimum atomic E-state index is -1.29. The van der Waals surface area contributed by atoms with Crippen LogP contribution in [0.4, 0.5) is 11.4 Å². The molecule has 0 radical (unpaired) electrons. The fraction of sp³-hybridized carbons (Fsp3) is 0.381. The number of non-ortho nitro benzene ring substituents is 1. The van der Waals surface area contributed by atoms with Crippen LogP contribution in [0, 0.1) is 10.1 Å². The zero-order valence-electron chi connectivity index (χ0n) is 15.9. The lowest BCUT2D eigenvalue weighted by Crippen LogP contribution is -2.41. The number of anilines is 1. The summed E-state index contributed by atoms with van der Waals surface area (Å²) in [5.41, 5.74) is 0.227. The van der Waals surface area contributed by atoms with Crippen LogP contribution in [-0.2, 0) is 5.72 Å². The lowest BCUT2D eigenvalue weighted by Gasteiger charge is -2.24. The fourth-order valence-corrected chi connectivity index (χ4v) is 4.14. The van der Waals surface area contributed by atoms with Gasteiger partial charge in [-0.2, -0.15) is 0 Å². The minimum absolute atomic E-state index is 0.0102. The van der Waals surface area contributed by atoms with Gasteiger partial charge in [-0.1, -0.05) is 12.1 Å². The van der Waals surface area contributed by atoms with Crippen LogP contribution in [0.2, 0.25) is 0 Å². The van der Waals surface area contributed by atoms with Crippen molar-refractivity contribution in [3.8, 4) is 5.75 Å². The number of amidine groups is 1. The SMILES string of the molecule is CCOc1ccc(N2C[C@](O)(c3cccc([N+](=O)[O-])c3)[N+]3=C2CCCC3)cc1. The third kappa shape index (κ3) is 3.11. The van der Waals surface area contributed by atoms with Crippen molar-refractivity contribution in [2.45, 2.75) is 31.9 Å². The minimum Gasteiger partial charge on any atom is -0.494 e. The number of nitrogens with zero attached hydrogens (tertiary/aromatic N) is 3. The fourth-order valence-electron chi connectivity index (χ4n) is 4.14. The Balaban J connectivity index is 1.73. The molecule has 28 heavy (non-hydrogen) atoms. The first kappa shape index (κ1) is 18.4. The summed E-state index contributed by atoms with van der Waals surface area (Å²) >= 11 is 0. The Morgan fingerprint density at radius 3 is 2.75 bits per heavy atom. The second-order valence-electron chi connectivity index (χ2n) is 7.16. The average Bonchev–Trinajstić information content (AvgIpc) is 3.03. The normalized spacial score (nSPS) is 21.6. The number of nitro groups is 1. The van der Waals surface area contributed by atoms with E-state index in [2.05, 4.69) is 4.90 Å². The highest BCUT2D eigenvalue weighted by Gasteiger charge is 2.52. The third-order valence-electron chi connectivity index (χ3n) is 5.46. The largest absolute Gasteiger partial charge is 0.494 e. The van der Waals surface area contributed by atoms with E-state index in [4.69, 9.17) is 4.74 Å². The zero-order valence-corrected chi connectivity index (χ0v) is 15.9. The van der Waals surface area contributed by atoms with Crippen LogP contribution in [0.3, 0.4) is 0 Å². The number of benzene rings is 2. The lowest BCUT2D eigenvalue weighted by atomic mass is 10.0. The molecule has 146 valence electrons. The summed E-state index contributed by atoms with van der Waals surface area (Å²) < 4.78 is 7.53. The maximum Gasteiger partial charge on any atom is 0.271 e. The van der Waals surface area contributed by atoms with Crippen molar-refractivity contribution < 1.29 is 19.3 Å². The predicted octanol–water partition coefficient (Wildman–Crippen LogP) is 3.25. The summed E-state index contributed by atoms with van der Waals surface area (Å²) in [4.78, 5) is 12.9. The van der Waals surface area contributed by atoms with Gasteiger partial charge < -0.3 is 9.84 Å². The summed E-state index contributed by atoms with van der Waals surface area (Å²) in [5, 5.41) is 22.9. The van der Waals surface area contributed by atoms with Gasteiger partial charge in [0.2, 0.25) is 0 Å². The van der Waals surface area contributed by atoms with E-state index < -0.39 is 10.6 Å². The molecule has 7 heteroatoms. The number of hydrogen-bond acceptors (Lipinski definition) is 5. The molecule has 0 spiro atoms. The lowest BCUT2D eigenvalue weighted by molar-refractivity contribution is -0.661. The van der Waals surface area contributed by atoms with Crippen LogP contribution in [-0.4, -0.2) is 40.1 Å². The van der Waals surface area contributed by atoms with E-state index in [1.165, 1.54) is 12.1 Å². The van der Waals surface area contributed by atoms with E-state index >= 15 is 0 Å². The molecule has 0 saturated heterocycles. The number of ether oxygens (including phenoxy) is 1. The van der Waals surface area contributed by atoms with Gasteiger partial charge in [-0.25, -0.2) is 9.48 Å². The van der Waals surface area contributed by atoms with E-state index in [1.807, 2.05) is 35.8 Å². The van der Waals surface area contributed by atoms with Crippen LogP contribution in [0.15, 0.2) is 48.5 Å². The van der Waals surface area contributed by atoms with Crippen LogP contribution in [0.5, 0.6) is 5.75 Å². The topological polar surface area (TPSA) is 78.9 Å². The molecule has 0 unspecified atom stereocenters. The molecule has 1 atom stereocenters. The molecule has 0 amide bonds. The number of β-amino-alcohol motifs (C(OH)–C–C–N with tert-alkyl or cyclic N) is 1. The summed E-state index contributed by atoms with van der Waals surface area (Å²) in [5.74, 6) is 1.87. The van der Waals surface area contributed by atoms with Gasteiger partial charge in [-0.15, -0.1) is 0 Å². The quantitative estimate of drug-likeness (QED) is 0.488. The molecule has 0 fully saturated rings. The van der Waals surface area contributed by atoms with Crippen LogP contribution in [0.1, 0.15) is 31.7 Å². The van der Waals surface area contributed by atoms with Crippen molar-refractivity contribution in [1.82, 2.24) is 0 Å². The highest BCUT2D eigenvalue weighted by molar-refractivity contribution is 5.96. The predicted molar refractivity (Wildman–Crippen MR) is 106 cm³/mol. The van der Waals surface area contributed by atoms with E-state index in [0.717, 1.165) is 43.1 Å². The molecule has 2 aromatic rings. The number of rotatable bonds is 5. The first-order chi connectivity index (χ1) is 13.5. The maximum absolute atomic E-state index is 11.7. The second kappa shape index (κ2) is 7.24. The molecule has 2 aromatic carbocycles. The molecule has 0 bridgehead atoms. The van der Waals surface area contributed by atoms with Crippen molar-refractivity contribution in [3.05, 3.63) is 64.2 Å². The molecule has 0 aliphatic carbocycles. The maximum atomic E-state index is 11.7. The number of aliphatic hydroxyl groups is 1. The molecule has 0 aromatic heterocycles. The number of hydrogen-bond donors (Lipinski definition) is 1.